The van der Waals surface area contributed by atoms with E-state index >= 15 is 0 Å². The number of aromatic nitrogens is 1. The molecule has 4 nitrogen and oxygen atoms in total. The Morgan fingerprint density at radius 2 is 1.90 bits per heavy atom. The van der Waals surface area contributed by atoms with Gasteiger partial charge in [0.15, 0.2) is 0 Å². The maximum Gasteiger partial charge on any atom is 0.250 e. The Labute approximate surface area is 122 Å². The fourth-order valence-corrected chi connectivity index (χ4v) is 2.04. The van der Waals surface area contributed by atoms with Gasteiger partial charge in [-0.3, -0.25) is 9.59 Å². The SMILES string of the molecule is O=C(CCS)Nc1ccc(=O)n(Cc2ccccc2)c1. The van der Waals surface area contributed by atoms with Crippen LogP contribution in [0.25, 0.3) is 0 Å². The van der Waals surface area contributed by atoms with Crippen molar-refractivity contribution in [2.75, 3.05) is 11.1 Å². The normalized spacial score (nSPS) is 10.2. The van der Waals surface area contributed by atoms with E-state index in [0.717, 1.165) is 5.56 Å². The van der Waals surface area contributed by atoms with Gasteiger partial charge < -0.3 is 9.88 Å². The summed E-state index contributed by atoms with van der Waals surface area (Å²) in [5.41, 5.74) is 1.56. The summed E-state index contributed by atoms with van der Waals surface area (Å²) in [5, 5.41) is 2.75. The lowest BCUT2D eigenvalue weighted by molar-refractivity contribution is -0.115. The Morgan fingerprint density at radius 1 is 1.15 bits per heavy atom. The molecular weight excluding hydrogens is 272 g/mol. The molecule has 0 bridgehead atoms. The molecular formula is C15H16N2O2S. The van der Waals surface area contributed by atoms with Crippen LogP contribution in [-0.2, 0) is 11.3 Å². The number of hydrogen-bond acceptors (Lipinski definition) is 3. The van der Waals surface area contributed by atoms with Crippen LogP contribution in [0.1, 0.15) is 12.0 Å². The van der Waals surface area contributed by atoms with Crippen molar-refractivity contribution in [1.29, 1.82) is 0 Å². The smallest absolute Gasteiger partial charge is 0.250 e. The molecule has 1 aromatic heterocycles. The molecule has 1 heterocycles. The van der Waals surface area contributed by atoms with Crippen molar-refractivity contribution in [3.63, 3.8) is 0 Å². The molecule has 5 heteroatoms. The number of pyridine rings is 1. The van der Waals surface area contributed by atoms with Crippen LogP contribution in [0.2, 0.25) is 0 Å². The van der Waals surface area contributed by atoms with Crippen LogP contribution in [0.4, 0.5) is 5.69 Å². The molecule has 0 atom stereocenters. The third-order valence-corrected chi connectivity index (χ3v) is 3.03. The number of carbonyl (C=O) groups excluding carboxylic acids is 1. The number of nitrogens with one attached hydrogen (secondary N) is 1. The van der Waals surface area contributed by atoms with Crippen LogP contribution in [0, 0.1) is 0 Å². The molecule has 20 heavy (non-hydrogen) atoms. The van der Waals surface area contributed by atoms with E-state index in [0.29, 0.717) is 24.4 Å². The predicted molar refractivity (Wildman–Crippen MR) is 83.3 cm³/mol. The largest absolute Gasteiger partial charge is 0.325 e. The van der Waals surface area contributed by atoms with Gasteiger partial charge >= 0.3 is 0 Å². The van der Waals surface area contributed by atoms with Crippen molar-refractivity contribution in [2.24, 2.45) is 0 Å². The first-order valence-electron chi connectivity index (χ1n) is 6.34. The highest BCUT2D eigenvalue weighted by atomic mass is 32.1. The van der Waals surface area contributed by atoms with E-state index in [1.807, 2.05) is 30.3 Å². The molecule has 2 rings (SSSR count). The average molecular weight is 288 g/mol. The minimum atomic E-state index is -0.107. The monoisotopic (exact) mass is 288 g/mol. The first kappa shape index (κ1) is 14.4. The lowest BCUT2D eigenvalue weighted by atomic mass is 10.2. The number of hydrogen-bond donors (Lipinski definition) is 2. The molecule has 1 aromatic carbocycles. The summed E-state index contributed by atoms with van der Waals surface area (Å²) < 4.78 is 1.58. The van der Waals surface area contributed by atoms with Crippen LogP contribution in [0.15, 0.2) is 53.5 Å². The predicted octanol–water partition coefficient (Wildman–Crippen LogP) is 2.16. The molecule has 0 aliphatic heterocycles. The number of nitrogens with zero attached hydrogens (tertiary/aromatic N) is 1. The average Bonchev–Trinajstić information content (AvgIpc) is 2.44. The molecule has 0 fully saturated rings. The summed E-state index contributed by atoms with van der Waals surface area (Å²) in [6, 6.07) is 12.8. The quantitative estimate of drug-likeness (QED) is 0.828. The van der Waals surface area contributed by atoms with Crippen molar-refractivity contribution >= 4 is 24.2 Å². The Balaban J connectivity index is 2.17. The minimum absolute atomic E-state index is 0.0963. The van der Waals surface area contributed by atoms with E-state index in [1.165, 1.54) is 6.07 Å². The highest BCUT2D eigenvalue weighted by molar-refractivity contribution is 7.80. The van der Waals surface area contributed by atoms with Crippen molar-refractivity contribution in [3.05, 3.63) is 64.6 Å². The van der Waals surface area contributed by atoms with Crippen molar-refractivity contribution in [2.45, 2.75) is 13.0 Å². The van der Waals surface area contributed by atoms with Crippen LogP contribution < -0.4 is 10.9 Å². The second kappa shape index (κ2) is 6.96. The fraction of sp³-hybridized carbons (Fsp3) is 0.200. The summed E-state index contributed by atoms with van der Waals surface area (Å²) in [4.78, 5) is 23.3. The fourth-order valence-electron chi connectivity index (χ4n) is 1.83. The van der Waals surface area contributed by atoms with E-state index in [4.69, 9.17) is 0 Å². The van der Waals surface area contributed by atoms with E-state index < -0.39 is 0 Å². The van der Waals surface area contributed by atoms with Gasteiger partial charge in [-0.25, -0.2) is 0 Å². The van der Waals surface area contributed by atoms with E-state index in [9.17, 15) is 9.59 Å². The number of rotatable bonds is 5. The molecule has 1 N–H and O–H groups in total. The van der Waals surface area contributed by atoms with Crippen LogP contribution in [0.5, 0.6) is 0 Å². The third-order valence-electron chi connectivity index (χ3n) is 2.80. The minimum Gasteiger partial charge on any atom is -0.325 e. The molecule has 2 aromatic rings. The molecule has 0 radical (unpaired) electrons. The molecule has 0 aliphatic rings. The van der Waals surface area contributed by atoms with Gasteiger partial charge in [-0.2, -0.15) is 12.6 Å². The van der Waals surface area contributed by atoms with Crippen molar-refractivity contribution in [1.82, 2.24) is 4.57 Å². The molecule has 1 amide bonds. The number of amides is 1. The third kappa shape index (κ3) is 3.99. The van der Waals surface area contributed by atoms with Gasteiger partial charge in [0.1, 0.15) is 0 Å². The maximum atomic E-state index is 11.8. The number of anilines is 1. The summed E-state index contributed by atoms with van der Waals surface area (Å²) in [5.74, 6) is 0.389. The Bertz CT molecular complexity index is 638. The van der Waals surface area contributed by atoms with Crippen LogP contribution in [-0.4, -0.2) is 16.2 Å². The first-order valence-corrected chi connectivity index (χ1v) is 6.97. The summed E-state index contributed by atoms with van der Waals surface area (Å²) in [6.07, 6.45) is 2.01. The van der Waals surface area contributed by atoms with Gasteiger partial charge in [-0.15, -0.1) is 0 Å². The molecule has 0 unspecified atom stereocenters. The van der Waals surface area contributed by atoms with Crippen molar-refractivity contribution in [3.8, 4) is 0 Å². The summed E-state index contributed by atoms with van der Waals surface area (Å²) in [7, 11) is 0. The highest BCUT2D eigenvalue weighted by Crippen LogP contribution is 2.07. The molecule has 0 saturated carbocycles. The Morgan fingerprint density at radius 3 is 2.60 bits per heavy atom. The number of carbonyl (C=O) groups is 1. The summed E-state index contributed by atoms with van der Waals surface area (Å²) in [6.45, 7) is 0.482. The Kier molecular flexibility index (Phi) is 5.01. The van der Waals surface area contributed by atoms with Gasteiger partial charge in [0, 0.05) is 18.7 Å². The zero-order valence-electron chi connectivity index (χ0n) is 11.0. The van der Waals surface area contributed by atoms with Crippen molar-refractivity contribution < 1.29 is 4.79 Å². The first-order chi connectivity index (χ1) is 9.69. The highest BCUT2D eigenvalue weighted by Gasteiger charge is 2.03. The molecule has 0 aliphatic carbocycles. The number of benzene rings is 1. The molecule has 0 saturated heterocycles. The standard InChI is InChI=1S/C15H16N2O2S/c18-14(8-9-20)16-13-6-7-15(19)17(11-13)10-12-4-2-1-3-5-12/h1-7,11,20H,8-10H2,(H,16,18). The van der Waals surface area contributed by atoms with Gasteiger partial charge in [0.05, 0.1) is 12.2 Å². The van der Waals surface area contributed by atoms with E-state index in [1.54, 1.807) is 16.8 Å². The summed E-state index contributed by atoms with van der Waals surface area (Å²) >= 11 is 4.01. The zero-order valence-corrected chi connectivity index (χ0v) is 11.8. The van der Waals surface area contributed by atoms with Gasteiger partial charge in [-0.05, 0) is 17.4 Å². The lowest BCUT2D eigenvalue weighted by Gasteiger charge is -2.09. The molecule has 0 spiro atoms. The van der Waals surface area contributed by atoms with Gasteiger partial charge in [0.2, 0.25) is 5.91 Å². The van der Waals surface area contributed by atoms with Gasteiger partial charge in [0.25, 0.3) is 5.56 Å². The van der Waals surface area contributed by atoms with Gasteiger partial charge in [-0.1, -0.05) is 30.3 Å². The second-order valence-corrected chi connectivity index (χ2v) is 4.84. The maximum absolute atomic E-state index is 11.8. The topological polar surface area (TPSA) is 51.1 Å². The van der Waals surface area contributed by atoms with Crippen LogP contribution in [0.3, 0.4) is 0 Å². The Hall–Kier alpha value is -2.01. The van der Waals surface area contributed by atoms with E-state index in [2.05, 4.69) is 17.9 Å². The number of thiol groups is 1. The second-order valence-electron chi connectivity index (χ2n) is 4.39. The van der Waals surface area contributed by atoms with E-state index in [-0.39, 0.29) is 11.5 Å². The molecule has 104 valence electrons. The lowest BCUT2D eigenvalue weighted by Crippen LogP contribution is -2.21. The van der Waals surface area contributed by atoms with Crippen LogP contribution >= 0.6 is 12.6 Å². The zero-order chi connectivity index (χ0) is 14.4.